The van der Waals surface area contributed by atoms with Crippen molar-refractivity contribution in [2.24, 2.45) is 5.73 Å². The molecule has 1 unspecified atom stereocenters. The van der Waals surface area contributed by atoms with E-state index in [1.807, 2.05) is 6.26 Å². The number of hydrogen-bond donors (Lipinski definition) is 5. The van der Waals surface area contributed by atoms with Crippen molar-refractivity contribution in [3.8, 4) is 0 Å². The minimum atomic E-state index is -1.08. The molecule has 2 amide bonds. The molecule has 8 nitrogen and oxygen atoms in total. The van der Waals surface area contributed by atoms with Crippen LogP contribution in [0.25, 0.3) is 0 Å². The van der Waals surface area contributed by atoms with Gasteiger partial charge in [-0.25, -0.2) is 0 Å². The number of nitrogens with two attached hydrogens (primary N) is 1. The lowest BCUT2D eigenvalue weighted by atomic mass is 10.3. The maximum Gasteiger partial charge on any atom is 0.234 e. The number of carbonyl (C=O) groups excluding carboxylic acids is 3. The standard InChI is InChI=1S/C10H20N4O4S/c1-19-6-7(14-8(16)4-11)10(18)13-5-9(17)12-2-3-15/h3,7,10,13,18H,2,4-6,11H2,1H3,(H,12,17)(H,14,16)/t7-,10?/m0/s1. The Labute approximate surface area is 115 Å². The Kier molecular flexibility index (Phi) is 10.1. The Morgan fingerprint density at radius 1 is 1.42 bits per heavy atom. The Hall–Kier alpha value is -1.16. The Morgan fingerprint density at radius 3 is 2.63 bits per heavy atom. The number of carbonyl (C=O) groups is 3. The topological polar surface area (TPSA) is 134 Å². The predicted octanol–water partition coefficient (Wildman–Crippen LogP) is -2.98. The highest BCUT2D eigenvalue weighted by molar-refractivity contribution is 7.98. The van der Waals surface area contributed by atoms with Crippen molar-refractivity contribution in [1.82, 2.24) is 16.0 Å². The average Bonchev–Trinajstić information content (AvgIpc) is 2.41. The van der Waals surface area contributed by atoms with Gasteiger partial charge in [0.2, 0.25) is 11.8 Å². The van der Waals surface area contributed by atoms with Gasteiger partial charge < -0.3 is 26.3 Å². The quantitative estimate of drug-likeness (QED) is 0.214. The van der Waals surface area contributed by atoms with E-state index >= 15 is 0 Å². The molecule has 0 aliphatic rings. The van der Waals surface area contributed by atoms with E-state index < -0.39 is 18.2 Å². The van der Waals surface area contributed by atoms with E-state index in [0.717, 1.165) is 0 Å². The summed E-state index contributed by atoms with van der Waals surface area (Å²) in [6.45, 7) is -0.398. The molecule has 0 bridgehead atoms. The van der Waals surface area contributed by atoms with E-state index in [1.165, 1.54) is 11.8 Å². The third kappa shape index (κ3) is 8.54. The zero-order chi connectivity index (χ0) is 14.7. The van der Waals surface area contributed by atoms with Crippen molar-refractivity contribution in [2.45, 2.75) is 12.3 Å². The second-order valence-corrected chi connectivity index (χ2v) is 4.54. The van der Waals surface area contributed by atoms with Gasteiger partial charge in [-0.05, 0) is 6.26 Å². The molecule has 2 atom stereocenters. The number of nitrogens with one attached hydrogen (secondary N) is 3. The lowest BCUT2D eigenvalue weighted by molar-refractivity contribution is -0.122. The largest absolute Gasteiger partial charge is 0.376 e. The lowest BCUT2D eigenvalue weighted by Gasteiger charge is -2.24. The second-order valence-electron chi connectivity index (χ2n) is 3.63. The molecule has 0 rings (SSSR count). The van der Waals surface area contributed by atoms with Gasteiger partial charge in [0.05, 0.1) is 25.7 Å². The number of aldehydes is 1. The summed E-state index contributed by atoms with van der Waals surface area (Å²) < 4.78 is 0. The molecule has 0 aliphatic heterocycles. The zero-order valence-electron chi connectivity index (χ0n) is 10.7. The fraction of sp³-hybridized carbons (Fsp3) is 0.700. The number of rotatable bonds is 10. The van der Waals surface area contributed by atoms with Gasteiger partial charge >= 0.3 is 0 Å². The Balaban J connectivity index is 4.16. The monoisotopic (exact) mass is 292 g/mol. The smallest absolute Gasteiger partial charge is 0.234 e. The van der Waals surface area contributed by atoms with Crippen molar-refractivity contribution in [1.29, 1.82) is 0 Å². The molecule has 0 heterocycles. The summed E-state index contributed by atoms with van der Waals surface area (Å²) in [7, 11) is 0. The van der Waals surface area contributed by atoms with E-state index in [0.29, 0.717) is 12.0 Å². The maximum absolute atomic E-state index is 11.2. The van der Waals surface area contributed by atoms with E-state index in [4.69, 9.17) is 5.73 Å². The minimum Gasteiger partial charge on any atom is -0.376 e. The summed E-state index contributed by atoms with van der Waals surface area (Å²) in [4.78, 5) is 32.4. The molecule has 6 N–H and O–H groups in total. The molecular formula is C10H20N4O4S. The fourth-order valence-electron chi connectivity index (χ4n) is 1.21. The molecule has 110 valence electrons. The van der Waals surface area contributed by atoms with Crippen LogP contribution in [-0.4, -0.2) is 67.1 Å². The highest BCUT2D eigenvalue weighted by Gasteiger charge is 2.20. The first-order valence-corrected chi connectivity index (χ1v) is 7.04. The molecule has 0 saturated heterocycles. The second kappa shape index (κ2) is 10.7. The molecule has 9 heteroatoms. The zero-order valence-corrected chi connectivity index (χ0v) is 11.5. The van der Waals surface area contributed by atoms with Gasteiger partial charge in [-0.1, -0.05) is 0 Å². The van der Waals surface area contributed by atoms with Gasteiger partial charge in [-0.2, -0.15) is 11.8 Å². The van der Waals surface area contributed by atoms with Crippen molar-refractivity contribution in [2.75, 3.05) is 31.6 Å². The van der Waals surface area contributed by atoms with Crippen LogP contribution in [-0.2, 0) is 14.4 Å². The Bertz CT molecular complexity index is 303. The van der Waals surface area contributed by atoms with E-state index in [1.54, 1.807) is 0 Å². The van der Waals surface area contributed by atoms with E-state index in [-0.39, 0.29) is 25.5 Å². The molecule has 0 fully saturated rings. The summed E-state index contributed by atoms with van der Waals surface area (Å²) in [5, 5.41) is 17.3. The highest BCUT2D eigenvalue weighted by Crippen LogP contribution is 2.00. The van der Waals surface area contributed by atoms with Gasteiger partial charge in [-0.3, -0.25) is 14.9 Å². The predicted molar refractivity (Wildman–Crippen MR) is 72.5 cm³/mol. The van der Waals surface area contributed by atoms with Crippen molar-refractivity contribution in [3.05, 3.63) is 0 Å². The van der Waals surface area contributed by atoms with Gasteiger partial charge in [-0.15, -0.1) is 0 Å². The molecule has 0 spiro atoms. The summed E-state index contributed by atoms with van der Waals surface area (Å²) in [5.41, 5.74) is 5.18. The summed E-state index contributed by atoms with van der Waals surface area (Å²) in [6.07, 6.45) is 1.31. The number of aliphatic hydroxyl groups is 1. The van der Waals surface area contributed by atoms with Crippen LogP contribution in [0.4, 0.5) is 0 Å². The van der Waals surface area contributed by atoms with Crippen LogP contribution in [0, 0.1) is 0 Å². The lowest BCUT2D eigenvalue weighted by Crippen LogP contribution is -2.54. The molecule has 0 aliphatic carbocycles. The summed E-state index contributed by atoms with van der Waals surface area (Å²) >= 11 is 1.44. The van der Waals surface area contributed by atoms with Gasteiger partial charge in [0, 0.05) is 5.75 Å². The third-order valence-electron chi connectivity index (χ3n) is 2.11. The van der Waals surface area contributed by atoms with Crippen LogP contribution in [0.5, 0.6) is 0 Å². The minimum absolute atomic E-state index is 0.0746. The fourth-order valence-corrected chi connectivity index (χ4v) is 1.84. The third-order valence-corrected chi connectivity index (χ3v) is 2.81. The van der Waals surface area contributed by atoms with E-state index in [9.17, 15) is 19.5 Å². The average molecular weight is 292 g/mol. The van der Waals surface area contributed by atoms with Crippen molar-refractivity contribution < 1.29 is 19.5 Å². The normalized spacial score (nSPS) is 13.4. The molecule has 0 radical (unpaired) electrons. The van der Waals surface area contributed by atoms with Crippen LogP contribution in [0.1, 0.15) is 0 Å². The molecular weight excluding hydrogens is 272 g/mol. The highest BCUT2D eigenvalue weighted by atomic mass is 32.2. The first kappa shape index (κ1) is 17.8. The molecule has 19 heavy (non-hydrogen) atoms. The van der Waals surface area contributed by atoms with Crippen molar-refractivity contribution in [3.63, 3.8) is 0 Å². The van der Waals surface area contributed by atoms with Crippen LogP contribution < -0.4 is 21.7 Å². The number of hydrogen-bond acceptors (Lipinski definition) is 7. The summed E-state index contributed by atoms with van der Waals surface area (Å²) in [5.74, 6) is -0.333. The molecule has 0 aromatic heterocycles. The first-order valence-electron chi connectivity index (χ1n) is 5.65. The molecule has 0 aromatic carbocycles. The van der Waals surface area contributed by atoms with Crippen LogP contribution in [0.3, 0.4) is 0 Å². The number of amides is 2. The van der Waals surface area contributed by atoms with Crippen LogP contribution in [0.15, 0.2) is 0 Å². The Morgan fingerprint density at radius 2 is 2.11 bits per heavy atom. The number of thioether (sulfide) groups is 1. The van der Waals surface area contributed by atoms with Gasteiger partial charge in [0.15, 0.2) is 0 Å². The first-order chi connectivity index (χ1) is 9.04. The summed E-state index contributed by atoms with van der Waals surface area (Å²) in [6, 6.07) is -0.551. The SMILES string of the molecule is CSC[C@H](NC(=O)CN)C(O)NCC(=O)NCC=O. The molecule has 0 saturated carbocycles. The van der Waals surface area contributed by atoms with Gasteiger partial charge in [0.1, 0.15) is 12.5 Å². The number of aliphatic hydroxyl groups excluding tert-OH is 1. The van der Waals surface area contributed by atoms with Gasteiger partial charge in [0.25, 0.3) is 0 Å². The molecule has 0 aromatic rings. The van der Waals surface area contributed by atoms with Crippen LogP contribution >= 0.6 is 11.8 Å². The van der Waals surface area contributed by atoms with E-state index in [2.05, 4.69) is 16.0 Å². The van der Waals surface area contributed by atoms with Crippen molar-refractivity contribution >= 4 is 29.9 Å². The maximum atomic E-state index is 11.2. The van der Waals surface area contributed by atoms with Crippen LogP contribution in [0.2, 0.25) is 0 Å².